The van der Waals surface area contributed by atoms with Crippen LogP contribution in [0.2, 0.25) is 0 Å². The molecule has 2 aromatic heterocycles. The van der Waals surface area contributed by atoms with Gasteiger partial charge < -0.3 is 24.4 Å². The van der Waals surface area contributed by atoms with E-state index >= 15 is 0 Å². The molecule has 5 rings (SSSR count). The van der Waals surface area contributed by atoms with E-state index in [0.717, 1.165) is 54.2 Å². The topological polar surface area (TPSA) is 62.6 Å². The van der Waals surface area contributed by atoms with E-state index in [1.165, 1.54) is 17.0 Å². The Morgan fingerprint density at radius 3 is 2.69 bits per heavy atom. The van der Waals surface area contributed by atoms with Crippen LogP contribution in [0.15, 0.2) is 79.6 Å². The summed E-state index contributed by atoms with van der Waals surface area (Å²) >= 11 is 0. The van der Waals surface area contributed by atoms with Crippen molar-refractivity contribution in [1.29, 1.82) is 0 Å². The summed E-state index contributed by atoms with van der Waals surface area (Å²) in [6, 6.07) is 18.4. The van der Waals surface area contributed by atoms with Crippen LogP contribution in [0.4, 0.5) is 11.4 Å². The van der Waals surface area contributed by atoms with Gasteiger partial charge in [-0.25, -0.2) is 4.98 Å². The van der Waals surface area contributed by atoms with E-state index in [1.54, 1.807) is 6.20 Å². The lowest BCUT2D eigenvalue weighted by Gasteiger charge is -2.35. The van der Waals surface area contributed by atoms with Gasteiger partial charge in [0.05, 0.1) is 11.4 Å². The molecule has 1 saturated heterocycles. The third-order valence-electron chi connectivity index (χ3n) is 6.68. The van der Waals surface area contributed by atoms with Crippen molar-refractivity contribution in [2.45, 2.75) is 6.61 Å². The molecule has 0 unspecified atom stereocenters. The Morgan fingerprint density at radius 1 is 1.08 bits per heavy atom. The Bertz CT molecular complexity index is 1400. The van der Waals surface area contributed by atoms with Gasteiger partial charge in [-0.2, -0.15) is 0 Å². The Kier molecular flexibility index (Phi) is 6.73. The average molecular weight is 482 g/mol. The highest BCUT2D eigenvalue weighted by molar-refractivity contribution is 6.01. The number of piperazine rings is 1. The van der Waals surface area contributed by atoms with Crippen molar-refractivity contribution in [1.82, 2.24) is 14.5 Å². The maximum Gasteiger partial charge on any atom is 0.247 e. The molecule has 3 heterocycles. The number of aromatic nitrogens is 2. The second-order valence-electron chi connectivity index (χ2n) is 9.18. The molecular weight excluding hydrogens is 450 g/mol. The lowest BCUT2D eigenvalue weighted by molar-refractivity contribution is -0.111. The molecule has 1 aliphatic rings. The number of nitrogens with zero attached hydrogens (tertiary/aromatic N) is 4. The number of anilines is 2. The largest absolute Gasteiger partial charge is 0.473 e. The number of likely N-dealkylation sites (N-methyl/N-ethyl adjacent to an activating group) is 1. The van der Waals surface area contributed by atoms with Gasteiger partial charge in [0.15, 0.2) is 0 Å². The number of aryl methyl sites for hydroxylation is 1. The molecule has 184 valence electrons. The number of carbonyl (C=O) groups is 1. The number of para-hydroxylation sites is 1. The normalized spacial score (nSPS) is 14.1. The van der Waals surface area contributed by atoms with Gasteiger partial charge >= 0.3 is 0 Å². The van der Waals surface area contributed by atoms with Crippen molar-refractivity contribution >= 4 is 28.2 Å². The molecular formula is C29H31N5O2. The predicted octanol–water partition coefficient (Wildman–Crippen LogP) is 4.70. The fourth-order valence-electron chi connectivity index (χ4n) is 4.66. The fourth-order valence-corrected chi connectivity index (χ4v) is 4.66. The maximum absolute atomic E-state index is 12.1. The van der Waals surface area contributed by atoms with E-state index in [0.29, 0.717) is 12.5 Å². The Morgan fingerprint density at radius 2 is 1.89 bits per heavy atom. The summed E-state index contributed by atoms with van der Waals surface area (Å²) in [7, 11) is 4.18. The van der Waals surface area contributed by atoms with E-state index < -0.39 is 0 Å². The predicted molar refractivity (Wildman–Crippen MR) is 145 cm³/mol. The van der Waals surface area contributed by atoms with Crippen LogP contribution >= 0.6 is 0 Å². The number of carbonyl (C=O) groups excluding carboxylic acids is 1. The molecule has 7 heteroatoms. The molecule has 0 radical (unpaired) electrons. The van der Waals surface area contributed by atoms with E-state index in [2.05, 4.69) is 75.8 Å². The summed E-state index contributed by atoms with van der Waals surface area (Å²) in [5.41, 5.74) is 6.11. The zero-order chi connectivity index (χ0) is 25.1. The summed E-state index contributed by atoms with van der Waals surface area (Å²) in [5.74, 6) is 0.327. The average Bonchev–Trinajstić information content (AvgIpc) is 3.25. The summed E-state index contributed by atoms with van der Waals surface area (Å²) < 4.78 is 8.22. The first kappa shape index (κ1) is 23.6. The molecule has 0 bridgehead atoms. The number of pyridine rings is 1. The van der Waals surface area contributed by atoms with Crippen LogP contribution in [0.3, 0.4) is 0 Å². The van der Waals surface area contributed by atoms with Crippen LogP contribution in [0.5, 0.6) is 5.88 Å². The summed E-state index contributed by atoms with van der Waals surface area (Å²) in [6.45, 7) is 7.72. The highest BCUT2D eigenvalue weighted by Crippen LogP contribution is 2.32. The van der Waals surface area contributed by atoms with Gasteiger partial charge in [0.1, 0.15) is 6.61 Å². The zero-order valence-electron chi connectivity index (χ0n) is 20.8. The number of ether oxygens (including phenoxy) is 1. The number of benzene rings is 2. The second kappa shape index (κ2) is 10.3. The fraction of sp³-hybridized carbons (Fsp3) is 0.241. The minimum atomic E-state index is -0.229. The van der Waals surface area contributed by atoms with Crippen LogP contribution in [-0.4, -0.2) is 53.6 Å². The molecule has 1 aliphatic heterocycles. The number of rotatable bonds is 7. The van der Waals surface area contributed by atoms with Gasteiger partial charge in [-0.15, -0.1) is 0 Å². The van der Waals surface area contributed by atoms with Gasteiger partial charge in [0, 0.05) is 68.2 Å². The Balaban J connectivity index is 1.36. The molecule has 2 aromatic carbocycles. The highest BCUT2D eigenvalue weighted by Gasteiger charge is 2.18. The third kappa shape index (κ3) is 4.97. The smallest absolute Gasteiger partial charge is 0.247 e. The molecule has 0 aliphatic carbocycles. The molecule has 1 fully saturated rings. The van der Waals surface area contributed by atoms with Gasteiger partial charge in [0.2, 0.25) is 11.8 Å². The number of amides is 1. The molecule has 7 nitrogen and oxygen atoms in total. The standard InChI is InChI=1S/C29H31N5O2/c1-4-28(35)31-25-17-21(9-10-27(25)34-15-13-32(2)14-16-34)20-36-29-18-22(11-12-30-29)24-19-33(3)26-8-6-5-7-23(24)26/h4-12,17-19H,1,13-16,20H2,2-3H3,(H,31,35). The van der Waals surface area contributed by atoms with Crippen molar-refractivity contribution in [3.63, 3.8) is 0 Å². The SMILES string of the molecule is C=CC(=O)Nc1cc(COc2cc(-c3cn(C)c4ccccc34)ccn2)ccc1N1CCN(C)CC1. The summed E-state index contributed by atoms with van der Waals surface area (Å²) in [6.07, 6.45) is 5.20. The molecule has 0 spiro atoms. The first-order valence-electron chi connectivity index (χ1n) is 12.1. The minimum Gasteiger partial charge on any atom is -0.473 e. The number of hydrogen-bond acceptors (Lipinski definition) is 5. The first-order valence-corrected chi connectivity index (χ1v) is 12.1. The third-order valence-corrected chi connectivity index (χ3v) is 6.68. The summed E-state index contributed by atoms with van der Waals surface area (Å²) in [5, 5.41) is 4.17. The Hall–Kier alpha value is -4.10. The van der Waals surface area contributed by atoms with Crippen molar-refractivity contribution in [2.75, 3.05) is 43.4 Å². The van der Waals surface area contributed by atoms with Crippen LogP contribution in [0.1, 0.15) is 5.56 Å². The molecule has 0 saturated carbocycles. The quantitative estimate of drug-likeness (QED) is 0.388. The monoisotopic (exact) mass is 481 g/mol. The van der Waals surface area contributed by atoms with Crippen LogP contribution in [-0.2, 0) is 18.4 Å². The van der Waals surface area contributed by atoms with Gasteiger partial charge in [-0.05, 0) is 48.5 Å². The number of nitrogens with one attached hydrogen (secondary N) is 1. The first-order chi connectivity index (χ1) is 17.5. The number of fused-ring (bicyclic) bond motifs is 1. The lowest BCUT2D eigenvalue weighted by Crippen LogP contribution is -2.44. The van der Waals surface area contributed by atoms with Crippen molar-refractivity contribution in [2.24, 2.45) is 7.05 Å². The number of hydrogen-bond donors (Lipinski definition) is 1. The highest BCUT2D eigenvalue weighted by atomic mass is 16.5. The van der Waals surface area contributed by atoms with Crippen molar-refractivity contribution in [3.8, 4) is 17.0 Å². The molecule has 0 atom stereocenters. The lowest BCUT2D eigenvalue weighted by atomic mass is 10.1. The maximum atomic E-state index is 12.1. The van der Waals surface area contributed by atoms with E-state index in [9.17, 15) is 4.79 Å². The zero-order valence-corrected chi connectivity index (χ0v) is 20.8. The molecule has 36 heavy (non-hydrogen) atoms. The van der Waals surface area contributed by atoms with Gasteiger partial charge in [-0.3, -0.25) is 4.79 Å². The van der Waals surface area contributed by atoms with E-state index in [-0.39, 0.29) is 5.91 Å². The second-order valence-corrected chi connectivity index (χ2v) is 9.18. The van der Waals surface area contributed by atoms with Crippen LogP contribution < -0.4 is 15.0 Å². The van der Waals surface area contributed by atoms with Gasteiger partial charge in [0.25, 0.3) is 0 Å². The van der Waals surface area contributed by atoms with Crippen LogP contribution in [0, 0.1) is 0 Å². The Labute approximate surface area is 211 Å². The van der Waals surface area contributed by atoms with Crippen molar-refractivity contribution < 1.29 is 9.53 Å². The van der Waals surface area contributed by atoms with Gasteiger partial charge in [-0.1, -0.05) is 30.8 Å². The van der Waals surface area contributed by atoms with Crippen LogP contribution in [0.25, 0.3) is 22.0 Å². The molecule has 4 aromatic rings. The van der Waals surface area contributed by atoms with E-state index in [4.69, 9.17) is 4.74 Å². The van der Waals surface area contributed by atoms with E-state index in [1.807, 2.05) is 30.3 Å². The molecule has 1 amide bonds. The molecule has 1 N–H and O–H groups in total. The minimum absolute atomic E-state index is 0.229. The van der Waals surface area contributed by atoms with Crippen molar-refractivity contribution in [3.05, 3.63) is 85.2 Å². The summed E-state index contributed by atoms with van der Waals surface area (Å²) in [4.78, 5) is 21.2.